The molecule has 7 nitrogen and oxygen atoms in total. The minimum Gasteiger partial charge on any atom is -0.325 e. The highest BCUT2D eigenvalue weighted by Crippen LogP contribution is 2.25. The molecule has 1 N–H and O–H groups in total. The van der Waals surface area contributed by atoms with Crippen LogP contribution < -0.4 is 5.32 Å². The summed E-state index contributed by atoms with van der Waals surface area (Å²) in [5, 5.41) is 16.4. The SMILES string of the molecule is CC(=O)c1ccc(NC(=O)CSc2nnc3ccc(-c4ccc(-c5ccccc5)cc4)nn23)cc1. The number of hydrogen-bond donors (Lipinski definition) is 1. The highest BCUT2D eigenvalue weighted by atomic mass is 32.2. The van der Waals surface area contributed by atoms with Gasteiger partial charge in [-0.15, -0.1) is 10.2 Å². The molecule has 2 heterocycles. The molecule has 5 aromatic rings. The van der Waals surface area contributed by atoms with Gasteiger partial charge in [-0.3, -0.25) is 9.59 Å². The van der Waals surface area contributed by atoms with E-state index in [0.29, 0.717) is 22.1 Å². The van der Waals surface area contributed by atoms with E-state index < -0.39 is 0 Å². The lowest BCUT2D eigenvalue weighted by Gasteiger charge is -2.06. The Labute approximate surface area is 206 Å². The van der Waals surface area contributed by atoms with Crippen LogP contribution in [-0.4, -0.2) is 37.3 Å². The van der Waals surface area contributed by atoms with Crippen molar-refractivity contribution in [2.75, 3.05) is 11.1 Å². The molecule has 8 heteroatoms. The van der Waals surface area contributed by atoms with Gasteiger partial charge in [0.15, 0.2) is 11.4 Å². The van der Waals surface area contributed by atoms with E-state index >= 15 is 0 Å². The van der Waals surface area contributed by atoms with Crippen molar-refractivity contribution in [3.63, 3.8) is 0 Å². The molecule has 0 saturated carbocycles. The molecule has 0 spiro atoms. The maximum atomic E-state index is 12.4. The monoisotopic (exact) mass is 479 g/mol. The van der Waals surface area contributed by atoms with Crippen LogP contribution in [0.4, 0.5) is 5.69 Å². The molecule has 0 aliphatic rings. The third kappa shape index (κ3) is 5.12. The van der Waals surface area contributed by atoms with Gasteiger partial charge in [-0.2, -0.15) is 9.61 Å². The topological polar surface area (TPSA) is 89.2 Å². The van der Waals surface area contributed by atoms with Gasteiger partial charge in [-0.1, -0.05) is 66.4 Å². The summed E-state index contributed by atoms with van der Waals surface area (Å²) in [6.45, 7) is 1.51. The molecule has 5 rings (SSSR count). The molecule has 0 atom stereocenters. The zero-order chi connectivity index (χ0) is 24.2. The number of nitrogens with one attached hydrogen (secondary N) is 1. The third-order valence-corrected chi connectivity index (χ3v) is 6.35. The average molecular weight is 480 g/mol. The first-order valence-corrected chi connectivity index (χ1v) is 12.0. The molecule has 3 aromatic carbocycles. The number of fused-ring (bicyclic) bond motifs is 1. The van der Waals surface area contributed by atoms with Crippen LogP contribution in [0.1, 0.15) is 17.3 Å². The minimum atomic E-state index is -0.185. The Hall–Kier alpha value is -4.30. The normalized spacial score (nSPS) is 10.9. The lowest BCUT2D eigenvalue weighted by molar-refractivity contribution is -0.113. The number of aromatic nitrogens is 4. The first-order chi connectivity index (χ1) is 17.1. The summed E-state index contributed by atoms with van der Waals surface area (Å²) < 4.78 is 1.65. The highest BCUT2D eigenvalue weighted by Gasteiger charge is 2.12. The molecule has 0 fully saturated rings. The molecule has 35 heavy (non-hydrogen) atoms. The Morgan fingerprint density at radius 3 is 2.20 bits per heavy atom. The van der Waals surface area contributed by atoms with Gasteiger partial charge in [0.05, 0.1) is 11.4 Å². The number of benzene rings is 3. The summed E-state index contributed by atoms with van der Waals surface area (Å²) >= 11 is 1.26. The van der Waals surface area contributed by atoms with Gasteiger partial charge in [-0.25, -0.2) is 0 Å². The summed E-state index contributed by atoms with van der Waals surface area (Å²) in [5.74, 6) is -0.0569. The molecule has 1 amide bonds. The van der Waals surface area contributed by atoms with Crippen LogP contribution in [-0.2, 0) is 4.79 Å². The number of rotatable bonds is 7. The number of hydrogen-bond acceptors (Lipinski definition) is 6. The first-order valence-electron chi connectivity index (χ1n) is 11.0. The van der Waals surface area contributed by atoms with E-state index in [4.69, 9.17) is 5.10 Å². The van der Waals surface area contributed by atoms with E-state index in [9.17, 15) is 9.59 Å². The minimum absolute atomic E-state index is 0.0175. The van der Waals surface area contributed by atoms with Crippen LogP contribution in [0.3, 0.4) is 0 Å². The number of Topliss-reactive ketones (excluding diaryl/α,β-unsaturated/α-hetero) is 1. The summed E-state index contributed by atoms with van der Waals surface area (Å²) in [5.41, 5.74) is 5.90. The van der Waals surface area contributed by atoms with Crippen molar-refractivity contribution in [3.8, 4) is 22.4 Å². The van der Waals surface area contributed by atoms with Crippen LogP contribution in [0.15, 0.2) is 96.2 Å². The molecule has 2 aromatic heterocycles. The number of nitrogens with zero attached hydrogens (tertiary/aromatic N) is 4. The van der Waals surface area contributed by atoms with Crippen molar-refractivity contribution in [2.45, 2.75) is 12.1 Å². The molecule has 172 valence electrons. The van der Waals surface area contributed by atoms with Crippen molar-refractivity contribution >= 4 is 34.8 Å². The molecular formula is C27H21N5O2S. The average Bonchev–Trinajstić information content (AvgIpc) is 3.30. The second-order valence-electron chi connectivity index (χ2n) is 7.88. The number of ketones is 1. The first kappa shape index (κ1) is 22.5. The van der Waals surface area contributed by atoms with Gasteiger partial charge >= 0.3 is 0 Å². The zero-order valence-corrected chi connectivity index (χ0v) is 19.7. The Morgan fingerprint density at radius 2 is 1.49 bits per heavy atom. The standard InChI is InChI=1S/C27H21N5O2S/c1-18(33)19-11-13-23(14-12-19)28-26(34)17-35-27-30-29-25-16-15-24(31-32(25)27)22-9-7-21(8-10-22)20-5-3-2-4-6-20/h2-16H,17H2,1H3,(H,28,34). The van der Waals surface area contributed by atoms with Crippen LogP contribution >= 0.6 is 11.8 Å². The lowest BCUT2D eigenvalue weighted by atomic mass is 10.0. The number of amides is 1. The van der Waals surface area contributed by atoms with Gasteiger partial charge in [-0.05, 0) is 54.4 Å². The number of anilines is 1. The Bertz CT molecular complexity index is 1500. The quantitative estimate of drug-likeness (QED) is 0.249. The smallest absolute Gasteiger partial charge is 0.234 e. The van der Waals surface area contributed by atoms with Gasteiger partial charge in [0, 0.05) is 16.8 Å². The molecule has 0 saturated heterocycles. The maximum absolute atomic E-state index is 12.4. The fraction of sp³-hybridized carbons (Fsp3) is 0.0741. The van der Waals surface area contributed by atoms with Crippen molar-refractivity contribution in [2.24, 2.45) is 0 Å². The summed E-state index contributed by atoms with van der Waals surface area (Å²) in [7, 11) is 0. The van der Waals surface area contributed by atoms with Crippen LogP contribution in [0.5, 0.6) is 0 Å². The number of thioether (sulfide) groups is 1. The molecule has 0 aliphatic heterocycles. The van der Waals surface area contributed by atoms with Gasteiger partial charge in [0.2, 0.25) is 11.1 Å². The summed E-state index contributed by atoms with van der Waals surface area (Å²) in [6, 6.07) is 29.0. The largest absolute Gasteiger partial charge is 0.325 e. The van der Waals surface area contributed by atoms with E-state index in [2.05, 4.69) is 39.8 Å². The van der Waals surface area contributed by atoms with Gasteiger partial charge < -0.3 is 5.32 Å². The van der Waals surface area contributed by atoms with Gasteiger partial charge in [0.25, 0.3) is 0 Å². The van der Waals surface area contributed by atoms with Crippen molar-refractivity contribution < 1.29 is 9.59 Å². The van der Waals surface area contributed by atoms with Gasteiger partial charge in [0.1, 0.15) is 0 Å². The van der Waals surface area contributed by atoms with Crippen molar-refractivity contribution in [1.29, 1.82) is 0 Å². The van der Waals surface area contributed by atoms with E-state index in [0.717, 1.165) is 22.4 Å². The third-order valence-electron chi connectivity index (χ3n) is 5.43. The Balaban J connectivity index is 1.28. The van der Waals surface area contributed by atoms with Crippen LogP contribution in [0, 0.1) is 0 Å². The Kier molecular flexibility index (Phi) is 6.36. The van der Waals surface area contributed by atoms with Crippen molar-refractivity contribution in [1.82, 2.24) is 19.8 Å². The van der Waals surface area contributed by atoms with Crippen LogP contribution in [0.2, 0.25) is 0 Å². The second-order valence-corrected chi connectivity index (χ2v) is 8.83. The number of carbonyl (C=O) groups is 2. The summed E-state index contributed by atoms with van der Waals surface area (Å²) in [4.78, 5) is 23.8. The lowest BCUT2D eigenvalue weighted by Crippen LogP contribution is -2.14. The molecule has 0 bridgehead atoms. The highest BCUT2D eigenvalue weighted by molar-refractivity contribution is 7.99. The summed E-state index contributed by atoms with van der Waals surface area (Å²) in [6.07, 6.45) is 0. The zero-order valence-electron chi connectivity index (χ0n) is 18.9. The predicted octanol–water partition coefficient (Wildman–Crippen LogP) is 5.39. The fourth-order valence-electron chi connectivity index (χ4n) is 3.59. The maximum Gasteiger partial charge on any atom is 0.234 e. The molecule has 0 radical (unpaired) electrons. The Morgan fingerprint density at radius 1 is 0.800 bits per heavy atom. The van der Waals surface area contributed by atoms with E-state index in [1.807, 2.05) is 42.5 Å². The molecule has 0 aliphatic carbocycles. The number of carbonyl (C=O) groups excluding carboxylic acids is 2. The fourth-order valence-corrected chi connectivity index (χ4v) is 4.28. The second kappa shape index (κ2) is 9.90. The van der Waals surface area contributed by atoms with E-state index in [1.165, 1.54) is 18.7 Å². The predicted molar refractivity (Wildman–Crippen MR) is 137 cm³/mol. The van der Waals surface area contributed by atoms with Crippen LogP contribution in [0.25, 0.3) is 28.0 Å². The molecule has 0 unspecified atom stereocenters. The van der Waals surface area contributed by atoms with E-state index in [-0.39, 0.29) is 17.4 Å². The molecular weight excluding hydrogens is 458 g/mol. The van der Waals surface area contributed by atoms with Crippen molar-refractivity contribution in [3.05, 3.63) is 96.6 Å². The van der Waals surface area contributed by atoms with E-state index in [1.54, 1.807) is 28.8 Å².